The number of nitrogens with two attached hydrogens (primary N) is 1. The fourth-order valence-corrected chi connectivity index (χ4v) is 2.10. The zero-order valence-corrected chi connectivity index (χ0v) is 8.53. The van der Waals surface area contributed by atoms with Crippen molar-refractivity contribution in [1.82, 2.24) is 5.32 Å². The van der Waals surface area contributed by atoms with Gasteiger partial charge in [-0.05, 0) is 25.7 Å². The van der Waals surface area contributed by atoms with Gasteiger partial charge in [0.05, 0.1) is 11.5 Å². The Labute approximate surface area is 88.0 Å². The minimum absolute atomic E-state index is 0.180. The zero-order chi connectivity index (χ0) is 11.1. The molecule has 2 rings (SSSR count). The van der Waals surface area contributed by atoms with Crippen LogP contribution in [0.4, 0.5) is 0 Å². The third-order valence-electron chi connectivity index (χ3n) is 3.39. The first-order valence-corrected chi connectivity index (χ1v) is 5.35. The van der Waals surface area contributed by atoms with E-state index < -0.39 is 17.4 Å². The number of amides is 1. The Hall–Kier alpha value is -1.10. The van der Waals surface area contributed by atoms with Crippen molar-refractivity contribution >= 4 is 11.9 Å². The Morgan fingerprint density at radius 3 is 2.53 bits per heavy atom. The van der Waals surface area contributed by atoms with Crippen LogP contribution in [0.1, 0.15) is 32.1 Å². The van der Waals surface area contributed by atoms with Gasteiger partial charge >= 0.3 is 5.97 Å². The quantitative estimate of drug-likeness (QED) is 0.606. The molecule has 2 saturated carbocycles. The number of nitrogens with one attached hydrogen (secondary N) is 1. The highest BCUT2D eigenvalue weighted by molar-refractivity contribution is 5.89. The molecule has 0 radical (unpaired) electrons. The molecule has 0 aromatic carbocycles. The molecule has 0 aromatic rings. The smallest absolute Gasteiger partial charge is 0.308 e. The number of carboxylic acid groups (broad SMARTS) is 1. The number of hydrogen-bond donors (Lipinski definition) is 3. The average molecular weight is 212 g/mol. The first-order valence-electron chi connectivity index (χ1n) is 5.35. The second-order valence-corrected chi connectivity index (χ2v) is 4.61. The van der Waals surface area contributed by atoms with E-state index in [0.717, 1.165) is 12.8 Å². The van der Waals surface area contributed by atoms with E-state index in [-0.39, 0.29) is 11.9 Å². The number of carboxylic acids is 1. The van der Waals surface area contributed by atoms with Crippen molar-refractivity contribution in [3.63, 3.8) is 0 Å². The Bertz CT molecular complexity index is 299. The number of aliphatic carboxylic acids is 1. The van der Waals surface area contributed by atoms with E-state index in [1.807, 2.05) is 0 Å². The number of hydrogen-bond acceptors (Lipinski definition) is 3. The van der Waals surface area contributed by atoms with E-state index in [4.69, 9.17) is 10.8 Å². The predicted octanol–water partition coefficient (Wildman–Crippen LogP) is -0.153. The van der Waals surface area contributed by atoms with E-state index in [9.17, 15) is 9.59 Å². The van der Waals surface area contributed by atoms with E-state index in [0.29, 0.717) is 19.3 Å². The average Bonchev–Trinajstić information content (AvgIpc) is 2.77. The maximum atomic E-state index is 11.6. The molecule has 0 saturated heterocycles. The third-order valence-corrected chi connectivity index (χ3v) is 3.39. The normalized spacial score (nSPS) is 32.3. The molecule has 2 fully saturated rings. The summed E-state index contributed by atoms with van der Waals surface area (Å²) in [6, 6.07) is -0.226. The molecular weight excluding hydrogens is 196 g/mol. The van der Waals surface area contributed by atoms with Gasteiger partial charge in [-0.1, -0.05) is 6.42 Å². The van der Waals surface area contributed by atoms with E-state index >= 15 is 0 Å². The summed E-state index contributed by atoms with van der Waals surface area (Å²) in [6.07, 6.45) is 3.68. The van der Waals surface area contributed by atoms with Crippen molar-refractivity contribution in [2.24, 2.45) is 11.7 Å². The molecule has 2 aliphatic rings. The maximum absolute atomic E-state index is 11.6. The largest absolute Gasteiger partial charge is 0.481 e. The molecule has 2 atom stereocenters. The van der Waals surface area contributed by atoms with Crippen molar-refractivity contribution < 1.29 is 14.7 Å². The summed E-state index contributed by atoms with van der Waals surface area (Å²) in [5.41, 5.74) is 5.03. The number of rotatable bonds is 3. The van der Waals surface area contributed by atoms with Crippen LogP contribution in [0.5, 0.6) is 0 Å². The third kappa shape index (κ3) is 1.97. The Kier molecular flexibility index (Phi) is 2.42. The molecule has 0 bridgehead atoms. The fraction of sp³-hybridized carbons (Fsp3) is 0.800. The lowest BCUT2D eigenvalue weighted by Gasteiger charge is -2.19. The second-order valence-electron chi connectivity index (χ2n) is 4.61. The van der Waals surface area contributed by atoms with Crippen molar-refractivity contribution in [1.29, 1.82) is 0 Å². The summed E-state index contributed by atoms with van der Waals surface area (Å²) in [6.45, 7) is 0. The van der Waals surface area contributed by atoms with Gasteiger partial charge in [0.2, 0.25) is 5.91 Å². The first kappa shape index (κ1) is 10.4. The Morgan fingerprint density at radius 1 is 1.33 bits per heavy atom. The van der Waals surface area contributed by atoms with Gasteiger partial charge in [0, 0.05) is 6.04 Å². The van der Waals surface area contributed by atoms with Crippen LogP contribution in [-0.2, 0) is 9.59 Å². The summed E-state index contributed by atoms with van der Waals surface area (Å²) < 4.78 is 0. The van der Waals surface area contributed by atoms with Gasteiger partial charge in [0.1, 0.15) is 0 Å². The van der Waals surface area contributed by atoms with Crippen molar-refractivity contribution in [2.75, 3.05) is 0 Å². The standard InChI is InChI=1S/C10H16N2O3/c11-10(4-5-10)9(15)12-7-3-1-2-6(7)8(13)14/h6-7H,1-5,11H2,(H,12,15)(H,13,14). The SMILES string of the molecule is NC1(C(=O)NC2CCCC2C(=O)O)CC1. The minimum Gasteiger partial charge on any atom is -0.481 e. The van der Waals surface area contributed by atoms with Crippen LogP contribution < -0.4 is 11.1 Å². The molecule has 5 heteroatoms. The Balaban J connectivity index is 1.93. The van der Waals surface area contributed by atoms with Gasteiger partial charge in [-0.2, -0.15) is 0 Å². The lowest BCUT2D eigenvalue weighted by Crippen LogP contribution is -2.49. The Morgan fingerprint density at radius 2 is 2.00 bits per heavy atom. The van der Waals surface area contributed by atoms with Crippen LogP contribution in [0.2, 0.25) is 0 Å². The fourth-order valence-electron chi connectivity index (χ4n) is 2.10. The van der Waals surface area contributed by atoms with Gasteiger partial charge in [-0.3, -0.25) is 9.59 Å². The zero-order valence-electron chi connectivity index (χ0n) is 8.53. The second kappa shape index (κ2) is 3.48. The van der Waals surface area contributed by atoms with Crippen LogP contribution in [-0.4, -0.2) is 28.6 Å². The molecular formula is C10H16N2O3. The van der Waals surface area contributed by atoms with E-state index in [1.54, 1.807) is 0 Å². The van der Waals surface area contributed by atoms with Crippen LogP contribution >= 0.6 is 0 Å². The van der Waals surface area contributed by atoms with Gasteiger partial charge < -0.3 is 16.2 Å². The van der Waals surface area contributed by atoms with Crippen molar-refractivity contribution in [3.05, 3.63) is 0 Å². The molecule has 0 aliphatic heterocycles. The van der Waals surface area contributed by atoms with Gasteiger partial charge in [0.15, 0.2) is 0 Å². The predicted molar refractivity (Wildman–Crippen MR) is 53.1 cm³/mol. The highest BCUT2D eigenvalue weighted by Gasteiger charge is 2.47. The molecule has 2 unspecified atom stereocenters. The van der Waals surface area contributed by atoms with Gasteiger partial charge in [-0.25, -0.2) is 0 Å². The monoisotopic (exact) mass is 212 g/mol. The van der Waals surface area contributed by atoms with Crippen LogP contribution in [0.15, 0.2) is 0 Å². The topological polar surface area (TPSA) is 92.4 Å². The van der Waals surface area contributed by atoms with Crippen LogP contribution in [0, 0.1) is 5.92 Å². The molecule has 5 nitrogen and oxygen atoms in total. The van der Waals surface area contributed by atoms with E-state index in [1.165, 1.54) is 0 Å². The highest BCUT2D eigenvalue weighted by Crippen LogP contribution is 2.33. The minimum atomic E-state index is -0.820. The summed E-state index contributed by atoms with van der Waals surface area (Å²) in [5.74, 6) is -1.43. The molecule has 0 spiro atoms. The van der Waals surface area contributed by atoms with Crippen molar-refractivity contribution in [3.8, 4) is 0 Å². The van der Waals surface area contributed by atoms with Crippen LogP contribution in [0.25, 0.3) is 0 Å². The summed E-state index contributed by atoms with van der Waals surface area (Å²) in [7, 11) is 0. The summed E-state index contributed by atoms with van der Waals surface area (Å²) >= 11 is 0. The molecule has 0 heterocycles. The van der Waals surface area contributed by atoms with Gasteiger partial charge in [-0.15, -0.1) is 0 Å². The maximum Gasteiger partial charge on any atom is 0.308 e. The number of carbonyl (C=O) groups is 2. The lowest BCUT2D eigenvalue weighted by molar-refractivity contribution is -0.142. The highest BCUT2D eigenvalue weighted by atomic mass is 16.4. The first-order chi connectivity index (χ1) is 7.03. The van der Waals surface area contributed by atoms with Crippen LogP contribution in [0.3, 0.4) is 0 Å². The summed E-state index contributed by atoms with van der Waals surface area (Å²) in [4.78, 5) is 22.5. The van der Waals surface area contributed by atoms with Gasteiger partial charge in [0.25, 0.3) is 0 Å². The molecule has 0 aromatic heterocycles. The van der Waals surface area contributed by atoms with Crippen molar-refractivity contribution in [2.45, 2.75) is 43.7 Å². The lowest BCUT2D eigenvalue weighted by atomic mass is 10.0. The molecule has 1 amide bonds. The molecule has 15 heavy (non-hydrogen) atoms. The van der Waals surface area contributed by atoms with E-state index in [2.05, 4.69) is 5.32 Å². The molecule has 2 aliphatic carbocycles. The number of carbonyl (C=O) groups excluding carboxylic acids is 1. The molecule has 4 N–H and O–H groups in total. The molecule has 84 valence electrons. The summed E-state index contributed by atoms with van der Waals surface area (Å²) in [5, 5.41) is 11.7.